The van der Waals surface area contributed by atoms with Crippen molar-refractivity contribution in [1.82, 2.24) is 5.32 Å². The van der Waals surface area contributed by atoms with Crippen LogP contribution < -0.4 is 5.32 Å². The van der Waals surface area contributed by atoms with Crippen LogP contribution in [0.4, 0.5) is 4.39 Å². The second-order valence-electron chi connectivity index (χ2n) is 5.16. The van der Waals surface area contributed by atoms with Crippen molar-refractivity contribution in [1.29, 1.82) is 0 Å². The quantitative estimate of drug-likeness (QED) is 0.792. The number of nitrogens with one attached hydrogen (secondary N) is 1. The van der Waals surface area contributed by atoms with E-state index < -0.39 is 0 Å². The fourth-order valence-electron chi connectivity index (χ4n) is 3.58. The minimum Gasteiger partial charge on any atom is -0.352 e. The van der Waals surface area contributed by atoms with Gasteiger partial charge in [-0.15, -0.1) is 0 Å². The molecule has 2 aliphatic rings. The zero-order chi connectivity index (χ0) is 12.0. The maximum atomic E-state index is 13.2. The van der Waals surface area contributed by atoms with Crippen molar-refractivity contribution in [3.63, 3.8) is 0 Å². The van der Waals surface area contributed by atoms with Gasteiger partial charge in [-0.1, -0.05) is 13.0 Å². The molecule has 17 heavy (non-hydrogen) atoms. The predicted octanol–water partition coefficient (Wildman–Crippen LogP) is 2.31. The number of carbonyl (C=O) groups is 1. The molecule has 2 unspecified atom stereocenters. The Hall–Kier alpha value is -1.38. The first-order valence-corrected chi connectivity index (χ1v) is 6.24. The smallest absolute Gasteiger partial charge is 0.221 e. The molecular formula is C14H16FNO. The number of rotatable bonds is 1. The third kappa shape index (κ3) is 1.41. The van der Waals surface area contributed by atoms with Crippen LogP contribution in [0.25, 0.3) is 0 Å². The van der Waals surface area contributed by atoms with Gasteiger partial charge in [0, 0.05) is 17.9 Å². The van der Waals surface area contributed by atoms with Crippen molar-refractivity contribution in [2.75, 3.05) is 0 Å². The molecular weight excluding hydrogens is 217 g/mol. The van der Waals surface area contributed by atoms with Crippen molar-refractivity contribution >= 4 is 5.91 Å². The molecule has 1 saturated heterocycles. The highest BCUT2D eigenvalue weighted by Gasteiger charge is 2.50. The normalized spacial score (nSPS) is 30.7. The summed E-state index contributed by atoms with van der Waals surface area (Å²) in [5.41, 5.74) is 2.19. The number of halogens is 1. The van der Waals surface area contributed by atoms with Crippen molar-refractivity contribution in [2.45, 2.75) is 44.1 Å². The first kappa shape index (κ1) is 10.8. The van der Waals surface area contributed by atoms with Crippen LogP contribution >= 0.6 is 0 Å². The summed E-state index contributed by atoms with van der Waals surface area (Å²) in [6.45, 7) is 2.10. The molecule has 3 rings (SSSR count). The van der Waals surface area contributed by atoms with Gasteiger partial charge < -0.3 is 5.32 Å². The molecule has 1 aromatic rings. The Bertz CT molecular complexity index is 485. The molecule has 1 spiro atoms. The Morgan fingerprint density at radius 3 is 3.12 bits per heavy atom. The molecule has 2 atom stereocenters. The SMILES string of the molecule is CCC1NC(=O)CC12CCc1cc(F)ccc12. The Labute approximate surface area is 100 Å². The average Bonchev–Trinajstić information content (AvgIpc) is 2.81. The lowest BCUT2D eigenvalue weighted by atomic mass is 9.74. The molecule has 90 valence electrons. The molecule has 3 heteroatoms. The number of benzene rings is 1. The third-order valence-electron chi connectivity index (χ3n) is 4.33. The highest BCUT2D eigenvalue weighted by Crippen LogP contribution is 2.47. The number of amides is 1. The fraction of sp³-hybridized carbons (Fsp3) is 0.500. The summed E-state index contributed by atoms with van der Waals surface area (Å²) in [5, 5.41) is 3.06. The van der Waals surface area contributed by atoms with Crippen molar-refractivity contribution in [3.05, 3.63) is 35.1 Å². The van der Waals surface area contributed by atoms with E-state index in [2.05, 4.69) is 12.2 Å². The topological polar surface area (TPSA) is 29.1 Å². The summed E-state index contributed by atoms with van der Waals surface area (Å²) in [4.78, 5) is 11.7. The monoisotopic (exact) mass is 233 g/mol. The van der Waals surface area contributed by atoms with Gasteiger partial charge >= 0.3 is 0 Å². The summed E-state index contributed by atoms with van der Waals surface area (Å²) in [5.74, 6) is -0.0415. The molecule has 0 bridgehead atoms. The van der Waals surface area contributed by atoms with E-state index >= 15 is 0 Å². The van der Waals surface area contributed by atoms with Crippen LogP contribution in [-0.4, -0.2) is 11.9 Å². The van der Waals surface area contributed by atoms with Crippen LogP contribution in [0.5, 0.6) is 0 Å². The minimum absolute atomic E-state index is 0.0745. The van der Waals surface area contributed by atoms with Gasteiger partial charge in [0.1, 0.15) is 5.82 Å². The molecule has 1 aliphatic carbocycles. The van der Waals surface area contributed by atoms with Gasteiger partial charge in [-0.25, -0.2) is 4.39 Å². The summed E-state index contributed by atoms with van der Waals surface area (Å²) in [6, 6.07) is 5.23. The molecule has 1 heterocycles. The molecule has 1 aliphatic heterocycles. The van der Waals surface area contributed by atoms with E-state index in [4.69, 9.17) is 0 Å². The maximum Gasteiger partial charge on any atom is 0.221 e. The van der Waals surface area contributed by atoms with E-state index in [0.29, 0.717) is 6.42 Å². The van der Waals surface area contributed by atoms with E-state index in [0.717, 1.165) is 24.8 Å². The standard InChI is InChI=1S/C14H16FNO/c1-2-12-14(8-13(17)16-12)6-5-9-7-10(15)3-4-11(9)14/h3-4,7,12H,2,5-6,8H2,1H3,(H,16,17). The van der Waals surface area contributed by atoms with E-state index in [9.17, 15) is 9.18 Å². The van der Waals surface area contributed by atoms with E-state index in [1.165, 1.54) is 11.6 Å². The lowest BCUT2D eigenvalue weighted by molar-refractivity contribution is -0.119. The zero-order valence-corrected chi connectivity index (χ0v) is 9.92. The summed E-state index contributed by atoms with van der Waals surface area (Å²) >= 11 is 0. The largest absolute Gasteiger partial charge is 0.352 e. The van der Waals surface area contributed by atoms with Gasteiger partial charge in [-0.3, -0.25) is 4.79 Å². The first-order chi connectivity index (χ1) is 8.15. The van der Waals surface area contributed by atoms with Crippen molar-refractivity contribution < 1.29 is 9.18 Å². The van der Waals surface area contributed by atoms with Gasteiger partial charge in [-0.05, 0) is 42.5 Å². The van der Waals surface area contributed by atoms with Crippen molar-refractivity contribution in [2.24, 2.45) is 0 Å². The first-order valence-electron chi connectivity index (χ1n) is 6.24. The zero-order valence-electron chi connectivity index (χ0n) is 9.92. The van der Waals surface area contributed by atoms with E-state index in [1.54, 1.807) is 6.07 Å². The number of carbonyl (C=O) groups excluding carboxylic acids is 1. The van der Waals surface area contributed by atoms with Crippen LogP contribution in [0.2, 0.25) is 0 Å². The Morgan fingerprint density at radius 1 is 1.53 bits per heavy atom. The van der Waals surface area contributed by atoms with Gasteiger partial charge in [0.05, 0.1) is 0 Å². The van der Waals surface area contributed by atoms with Gasteiger partial charge in [-0.2, -0.15) is 0 Å². The maximum absolute atomic E-state index is 13.2. The number of hydrogen-bond donors (Lipinski definition) is 1. The highest BCUT2D eigenvalue weighted by molar-refractivity contribution is 5.82. The molecule has 0 aromatic heterocycles. The summed E-state index contributed by atoms with van der Waals surface area (Å²) in [6.07, 6.45) is 3.34. The summed E-state index contributed by atoms with van der Waals surface area (Å²) < 4.78 is 13.2. The molecule has 1 amide bonds. The molecule has 1 fully saturated rings. The minimum atomic E-state index is -0.175. The predicted molar refractivity (Wildman–Crippen MR) is 63.2 cm³/mol. The van der Waals surface area contributed by atoms with Crippen LogP contribution in [0.15, 0.2) is 18.2 Å². The van der Waals surface area contributed by atoms with Gasteiger partial charge in [0.2, 0.25) is 5.91 Å². The van der Waals surface area contributed by atoms with Crippen LogP contribution in [0.3, 0.4) is 0 Å². The Morgan fingerprint density at radius 2 is 2.35 bits per heavy atom. The van der Waals surface area contributed by atoms with E-state index in [-0.39, 0.29) is 23.2 Å². The number of aryl methyl sites for hydroxylation is 1. The lowest BCUT2D eigenvalue weighted by Crippen LogP contribution is -2.38. The average molecular weight is 233 g/mol. The molecule has 1 aromatic carbocycles. The molecule has 1 N–H and O–H groups in total. The molecule has 0 radical (unpaired) electrons. The van der Waals surface area contributed by atoms with Crippen molar-refractivity contribution in [3.8, 4) is 0 Å². The lowest BCUT2D eigenvalue weighted by Gasteiger charge is -2.30. The second kappa shape index (κ2) is 3.56. The highest BCUT2D eigenvalue weighted by atomic mass is 19.1. The van der Waals surface area contributed by atoms with Gasteiger partial charge in [0.25, 0.3) is 0 Å². The third-order valence-corrected chi connectivity index (χ3v) is 4.33. The molecule has 0 saturated carbocycles. The Kier molecular flexibility index (Phi) is 2.25. The second-order valence-corrected chi connectivity index (χ2v) is 5.16. The van der Waals surface area contributed by atoms with Crippen LogP contribution in [0.1, 0.15) is 37.3 Å². The number of hydrogen-bond acceptors (Lipinski definition) is 1. The van der Waals surface area contributed by atoms with Crippen LogP contribution in [-0.2, 0) is 16.6 Å². The number of fused-ring (bicyclic) bond motifs is 2. The van der Waals surface area contributed by atoms with Crippen LogP contribution in [0, 0.1) is 5.82 Å². The molecule has 2 nitrogen and oxygen atoms in total. The van der Waals surface area contributed by atoms with E-state index in [1.807, 2.05) is 6.07 Å². The van der Waals surface area contributed by atoms with Gasteiger partial charge in [0.15, 0.2) is 0 Å². The Balaban J connectivity index is 2.10. The fourth-order valence-corrected chi connectivity index (χ4v) is 3.58. The summed E-state index contributed by atoms with van der Waals surface area (Å²) in [7, 11) is 0.